The number of furan rings is 1. The summed E-state index contributed by atoms with van der Waals surface area (Å²) in [7, 11) is 0. The summed E-state index contributed by atoms with van der Waals surface area (Å²) in [4.78, 5) is 5.16. The van der Waals surface area contributed by atoms with Crippen LogP contribution in [0, 0.1) is 18.5 Å². The SMILES string of the molecule is CC(C)(C)c1cc(Oc2[c-]c(-[n+]3[c-]n(-c4c(-c5ccccc5)cccc4-c4ccccc4)c4ccccc43)c3oc4c5c(ccc4c3c2)C(C)(C)CCC5(C)C)[c-]c(-c2cc3c(cn2)C(C)(C)CCC3(C)C)c1.[Pt]. The fraction of sp³-hybridized carbons (Fsp3) is 0.294. The van der Waals surface area contributed by atoms with Gasteiger partial charge in [-0.05, 0) is 103 Å². The molecule has 0 amide bonds. The molecule has 2 aliphatic rings. The average Bonchev–Trinajstić information content (AvgIpc) is 3.96. The van der Waals surface area contributed by atoms with Crippen LogP contribution in [0.3, 0.4) is 0 Å². The van der Waals surface area contributed by atoms with E-state index in [0.717, 1.165) is 103 Å². The summed E-state index contributed by atoms with van der Waals surface area (Å²) in [6, 6.07) is 57.4. The van der Waals surface area contributed by atoms with Gasteiger partial charge in [-0.1, -0.05) is 215 Å². The van der Waals surface area contributed by atoms with Crippen LogP contribution < -0.4 is 9.30 Å². The molecule has 3 aromatic heterocycles. The summed E-state index contributed by atoms with van der Waals surface area (Å²) >= 11 is 0. The molecule has 0 bridgehead atoms. The summed E-state index contributed by atoms with van der Waals surface area (Å²) in [5.41, 5.74) is 17.9. The van der Waals surface area contributed by atoms with Gasteiger partial charge in [-0.3, -0.25) is 4.57 Å². The Morgan fingerprint density at radius 2 is 1.18 bits per heavy atom. The second kappa shape index (κ2) is 17.8. The number of ether oxygens (including phenoxy) is 1. The van der Waals surface area contributed by atoms with Crippen LogP contribution >= 0.6 is 0 Å². The van der Waals surface area contributed by atoms with Gasteiger partial charge in [0.1, 0.15) is 5.58 Å². The van der Waals surface area contributed by atoms with Gasteiger partial charge in [0.25, 0.3) is 6.33 Å². The summed E-state index contributed by atoms with van der Waals surface area (Å²) in [6.07, 6.45) is 10.5. The molecule has 0 atom stereocenters. The van der Waals surface area contributed by atoms with E-state index in [2.05, 4.69) is 249 Å². The zero-order valence-corrected chi connectivity index (χ0v) is 46.9. The van der Waals surface area contributed by atoms with Gasteiger partial charge in [-0.2, -0.15) is 0 Å². The van der Waals surface area contributed by atoms with Crippen LogP contribution in [0.4, 0.5) is 0 Å². The van der Waals surface area contributed by atoms with Gasteiger partial charge in [0, 0.05) is 55.3 Å². The Bertz CT molecular complexity index is 3750. The molecule has 0 saturated heterocycles. The fourth-order valence-electron chi connectivity index (χ4n) is 11.9. The molecule has 6 heteroatoms. The van der Waals surface area contributed by atoms with E-state index in [-0.39, 0.29) is 48.1 Å². The Morgan fingerprint density at radius 3 is 1.84 bits per heavy atom. The minimum atomic E-state index is -0.183. The number of hydrogen-bond donors (Lipinski definition) is 0. The van der Waals surface area contributed by atoms with Crippen molar-refractivity contribution in [3.8, 4) is 56.4 Å². The van der Waals surface area contributed by atoms with Gasteiger partial charge in [0.05, 0.1) is 16.7 Å². The molecule has 12 rings (SSSR count). The standard InChI is InChI=1S/C68H65N3O2.Pt/c1-64(2,3)46-35-45(56-40-54-55(41-69-56)67(8,9)32-31-66(54,6)7)36-47(37-46)72-48-38-52-51-29-30-53-60(68(10,11)34-33-65(53,4)5)63(51)73-62(52)59(39-48)70-42-71(58-28-19-18-27-57(58)70)61-49(43-21-14-12-15-22-43)25-20-26-50(61)44-23-16-13-17-24-44;/h12-30,35,37-38,40-41H,31-34H2,1-11H3;/q-2;. The first-order valence-electron chi connectivity index (χ1n) is 26.2. The normalized spacial score (nSPS) is 16.4. The maximum atomic E-state index is 7.39. The van der Waals surface area contributed by atoms with E-state index in [1.807, 2.05) is 0 Å². The van der Waals surface area contributed by atoms with Gasteiger partial charge in [-0.15, -0.1) is 29.3 Å². The first-order chi connectivity index (χ1) is 34.8. The van der Waals surface area contributed by atoms with Crippen molar-refractivity contribution in [2.75, 3.05) is 0 Å². The number of para-hydroxylation sites is 3. The van der Waals surface area contributed by atoms with Gasteiger partial charge < -0.3 is 18.7 Å². The number of fused-ring (bicyclic) bond motifs is 7. The van der Waals surface area contributed by atoms with Crippen molar-refractivity contribution in [3.63, 3.8) is 0 Å². The maximum absolute atomic E-state index is 7.39. The second-order valence-corrected chi connectivity index (χ2v) is 24.5. The van der Waals surface area contributed by atoms with Gasteiger partial charge >= 0.3 is 0 Å². The zero-order valence-electron chi connectivity index (χ0n) is 44.7. The van der Waals surface area contributed by atoms with Crippen molar-refractivity contribution in [1.29, 1.82) is 0 Å². The minimum Gasteiger partial charge on any atom is -0.519 e. The van der Waals surface area contributed by atoms with E-state index in [9.17, 15) is 0 Å². The zero-order chi connectivity index (χ0) is 50.8. The van der Waals surface area contributed by atoms with Crippen molar-refractivity contribution in [2.45, 2.75) is 129 Å². The number of benzene rings is 7. The number of imidazole rings is 1. The molecule has 0 N–H and O–H groups in total. The summed E-state index contributed by atoms with van der Waals surface area (Å²) in [6.45, 7) is 25.7. The number of aromatic nitrogens is 3. The topological polar surface area (TPSA) is 44.1 Å². The molecule has 10 aromatic rings. The molecule has 0 spiro atoms. The van der Waals surface area contributed by atoms with E-state index in [4.69, 9.17) is 14.1 Å². The number of pyridine rings is 1. The summed E-state index contributed by atoms with van der Waals surface area (Å²) < 4.78 is 18.9. The third kappa shape index (κ3) is 8.35. The molecular formula is C68H65N3O2Pt-2. The molecule has 7 aromatic carbocycles. The quantitative estimate of drug-likeness (QED) is 0.118. The molecule has 3 heterocycles. The van der Waals surface area contributed by atoms with Crippen LogP contribution in [0.25, 0.3) is 77.9 Å². The first kappa shape index (κ1) is 49.6. The smallest absolute Gasteiger partial charge is 0.268 e. The van der Waals surface area contributed by atoms with E-state index in [1.165, 1.54) is 22.3 Å². The van der Waals surface area contributed by atoms with E-state index in [1.54, 1.807) is 0 Å². The van der Waals surface area contributed by atoms with Crippen molar-refractivity contribution < 1.29 is 34.8 Å². The predicted octanol–water partition coefficient (Wildman–Crippen LogP) is 17.4. The van der Waals surface area contributed by atoms with Crippen molar-refractivity contribution >= 4 is 33.0 Å². The third-order valence-corrected chi connectivity index (χ3v) is 16.6. The van der Waals surface area contributed by atoms with E-state index >= 15 is 0 Å². The van der Waals surface area contributed by atoms with Gasteiger partial charge in [0.15, 0.2) is 0 Å². The monoisotopic (exact) mass is 1150 g/mol. The number of rotatable bonds is 7. The van der Waals surface area contributed by atoms with Crippen LogP contribution in [0.5, 0.6) is 11.5 Å². The maximum Gasteiger partial charge on any atom is 0.268 e. The molecule has 0 unspecified atom stereocenters. The van der Waals surface area contributed by atoms with E-state index in [0.29, 0.717) is 17.2 Å². The van der Waals surface area contributed by atoms with Crippen molar-refractivity contribution in [2.24, 2.45) is 0 Å². The average molecular weight is 1150 g/mol. The van der Waals surface area contributed by atoms with Gasteiger partial charge in [0.2, 0.25) is 0 Å². The Kier molecular flexibility index (Phi) is 11.9. The third-order valence-electron chi connectivity index (χ3n) is 16.6. The first-order valence-corrected chi connectivity index (χ1v) is 26.2. The Labute approximate surface area is 451 Å². The molecule has 5 nitrogen and oxygen atoms in total. The van der Waals surface area contributed by atoms with Crippen LogP contribution in [-0.4, -0.2) is 9.55 Å². The number of nitrogens with zero attached hydrogens (tertiary/aromatic N) is 3. The molecular weight excluding hydrogens is 1090 g/mol. The number of hydrogen-bond acceptors (Lipinski definition) is 3. The van der Waals surface area contributed by atoms with Gasteiger partial charge in [-0.25, -0.2) is 0 Å². The van der Waals surface area contributed by atoms with Crippen LogP contribution in [0.2, 0.25) is 0 Å². The molecule has 0 fully saturated rings. The molecule has 376 valence electrons. The fourth-order valence-corrected chi connectivity index (χ4v) is 11.9. The Hall–Kier alpha value is -6.55. The Morgan fingerprint density at radius 1 is 0.581 bits per heavy atom. The summed E-state index contributed by atoms with van der Waals surface area (Å²) in [5, 5.41) is 2.02. The molecule has 2 aliphatic carbocycles. The molecule has 0 aliphatic heterocycles. The largest absolute Gasteiger partial charge is 0.519 e. The molecule has 0 radical (unpaired) electrons. The van der Waals surface area contributed by atoms with Crippen LogP contribution in [-0.2, 0) is 48.1 Å². The minimum absolute atomic E-state index is 0. The van der Waals surface area contributed by atoms with E-state index < -0.39 is 0 Å². The van der Waals surface area contributed by atoms with Crippen molar-refractivity contribution in [1.82, 2.24) is 9.55 Å². The molecule has 74 heavy (non-hydrogen) atoms. The van der Waals surface area contributed by atoms with Crippen LogP contribution in [0.15, 0.2) is 150 Å². The van der Waals surface area contributed by atoms with Crippen LogP contribution in [0.1, 0.15) is 130 Å². The second-order valence-electron chi connectivity index (χ2n) is 24.5. The molecule has 0 saturated carbocycles. The Balaban J connectivity index is 0.00000588. The van der Waals surface area contributed by atoms with Crippen molar-refractivity contribution in [3.05, 3.63) is 192 Å². The summed E-state index contributed by atoms with van der Waals surface area (Å²) in [5.74, 6) is 1.17. The predicted molar refractivity (Wildman–Crippen MR) is 298 cm³/mol.